The highest BCUT2D eigenvalue weighted by atomic mass is 33.1. The predicted octanol–water partition coefficient (Wildman–Crippen LogP) is -2.70. The molecule has 2 aromatic heterocycles. The van der Waals surface area contributed by atoms with Gasteiger partial charge in [0.2, 0.25) is 53.2 Å². The van der Waals surface area contributed by atoms with Crippen LogP contribution in [0.5, 0.6) is 0 Å². The number of nitrogens with one attached hydrogen (secondary N) is 10. The Bertz CT molecular complexity index is 3150. The SMILES string of the molecule is CC(=O)N[C@H](CCCN=C(N)N)C(=O)NC1CSSC[C@@H](C(N)=O)NC(=O)[C@H](Cc2c[nH]c3ccccc23)NC(=O)[C@H](CCCN=C(N)N)NC(=O)C(Cc2ccccc2)NC(=O)C(Cc2cnc[nH]2)NC(=O)[C@H](CCC(=O)O)NC1=O.O=C(O)C(F)(F)F. The van der Waals surface area contributed by atoms with Crippen LogP contribution in [0.15, 0.2) is 83.3 Å². The number of aromatic amines is 2. The molecular formula is C53H71F3N18O13S2. The minimum Gasteiger partial charge on any atom is -0.481 e. The lowest BCUT2D eigenvalue weighted by Gasteiger charge is -2.28. The number of carboxylic acid groups (broad SMARTS) is 2. The molecule has 484 valence electrons. The second-order valence-corrected chi connectivity index (χ2v) is 22.4. The first-order chi connectivity index (χ1) is 42.1. The van der Waals surface area contributed by atoms with Gasteiger partial charge in [-0.25, -0.2) is 9.78 Å². The monoisotopic (exact) mass is 1290 g/mol. The van der Waals surface area contributed by atoms with Gasteiger partial charge in [0.15, 0.2) is 11.9 Å². The zero-order chi connectivity index (χ0) is 65.8. The molecule has 3 unspecified atom stereocenters. The van der Waals surface area contributed by atoms with Crippen LogP contribution in [-0.2, 0) is 72.0 Å². The number of primary amides is 1. The number of halogens is 3. The molecule has 0 radical (unpaired) electrons. The Kier molecular flexibility index (Phi) is 29.0. The molecule has 3 heterocycles. The maximum Gasteiger partial charge on any atom is 0.490 e. The number of para-hydroxylation sites is 1. The van der Waals surface area contributed by atoms with Crippen LogP contribution in [0.25, 0.3) is 10.9 Å². The van der Waals surface area contributed by atoms with Gasteiger partial charge in [-0.1, -0.05) is 70.1 Å². The number of hydrogen-bond donors (Lipinski definition) is 17. The molecule has 31 nitrogen and oxygen atoms in total. The number of nitrogens with zero attached hydrogens (tertiary/aromatic N) is 3. The number of fused-ring (bicyclic) bond motifs is 1. The molecule has 9 amide bonds. The molecule has 1 aliphatic rings. The van der Waals surface area contributed by atoms with E-state index in [9.17, 15) is 66.2 Å². The Balaban J connectivity index is 0.00000227. The van der Waals surface area contributed by atoms with Crippen LogP contribution in [0.2, 0.25) is 0 Å². The lowest BCUT2D eigenvalue weighted by molar-refractivity contribution is -0.192. The van der Waals surface area contributed by atoms with E-state index in [2.05, 4.69) is 67.5 Å². The summed E-state index contributed by atoms with van der Waals surface area (Å²) in [4.78, 5) is 166. The number of rotatable bonds is 21. The van der Waals surface area contributed by atoms with E-state index in [1.165, 1.54) is 19.4 Å². The Labute approximate surface area is 513 Å². The summed E-state index contributed by atoms with van der Waals surface area (Å²) in [6, 6.07) is 3.98. The molecule has 5 rings (SSSR count). The van der Waals surface area contributed by atoms with Crippen LogP contribution in [0.3, 0.4) is 0 Å². The number of imidazole rings is 1. The van der Waals surface area contributed by atoms with E-state index in [-0.39, 0.29) is 81.5 Å². The smallest absolute Gasteiger partial charge is 0.481 e. The Morgan fingerprint density at radius 1 is 0.674 bits per heavy atom. The van der Waals surface area contributed by atoms with Crippen molar-refractivity contribution >= 4 is 110 Å². The average Bonchev–Trinajstić information content (AvgIpc) is 4.03. The zero-order valence-electron chi connectivity index (χ0n) is 47.8. The van der Waals surface area contributed by atoms with Gasteiger partial charge >= 0.3 is 18.1 Å². The molecule has 0 spiro atoms. The van der Waals surface area contributed by atoms with Crippen molar-refractivity contribution in [2.45, 2.75) is 119 Å². The van der Waals surface area contributed by atoms with Crippen molar-refractivity contribution in [2.24, 2.45) is 38.7 Å². The average molecular weight is 1290 g/mol. The predicted molar refractivity (Wildman–Crippen MR) is 320 cm³/mol. The van der Waals surface area contributed by atoms with E-state index in [0.717, 1.165) is 27.1 Å². The van der Waals surface area contributed by atoms with Crippen molar-refractivity contribution in [3.8, 4) is 0 Å². The number of aliphatic carboxylic acids is 2. The van der Waals surface area contributed by atoms with Gasteiger partial charge in [0.1, 0.15) is 48.3 Å². The third kappa shape index (κ3) is 25.7. The van der Waals surface area contributed by atoms with Gasteiger partial charge in [-0.15, -0.1) is 0 Å². The summed E-state index contributed by atoms with van der Waals surface area (Å²) in [6.45, 7) is 1.28. The standard InChI is InChI=1S/C51H70N18O11S2.C2HF3O2/c1-27(70)62-33(13-7-17-58-50(53)54)43(74)69-40-25-82-81-24-39(42(52)73)68-47(78)37(20-29-22-60-32-12-6-5-11-31(29)32)66-44(75)34(14-8-18-59-51(55)56)63-46(77)36(19-28-9-3-2-4-10-28)65-48(79)38(21-30-23-57-26-61-30)67-45(76)35(64-49(40)80)15-16-41(71)72;3-2(4,5)1(6)7/h2-6,9-12,22-23,26,33-40,60H,7-8,13-21,24-25H2,1H3,(H2,52,73)(H,57,61)(H,62,70)(H,63,77)(H,64,80)(H,65,79)(H,66,75)(H,67,76)(H,68,78)(H,69,74)(H,71,72)(H4,53,54,58)(H4,55,56,59);(H,6,7)/t33-,34+,35+,36?,37+,38?,39+,40?;/m1./s1. The van der Waals surface area contributed by atoms with Crippen molar-refractivity contribution in [2.75, 3.05) is 24.6 Å². The topological polar surface area (TPSA) is 524 Å². The van der Waals surface area contributed by atoms with E-state index < -0.39 is 132 Å². The number of guanidine groups is 2. The van der Waals surface area contributed by atoms with Crippen LogP contribution < -0.4 is 71.2 Å². The highest BCUT2D eigenvalue weighted by Gasteiger charge is 2.39. The number of benzene rings is 2. The summed E-state index contributed by atoms with van der Waals surface area (Å²) in [5, 5.41) is 38.7. The number of carboxylic acids is 2. The van der Waals surface area contributed by atoms with Crippen molar-refractivity contribution in [3.05, 3.63) is 90.1 Å². The Morgan fingerprint density at radius 2 is 1.20 bits per heavy atom. The molecule has 1 aliphatic heterocycles. The maximum absolute atomic E-state index is 14.7. The molecule has 4 aromatic rings. The number of hydrogen-bond acceptors (Lipinski definition) is 16. The summed E-state index contributed by atoms with van der Waals surface area (Å²) in [5.41, 5.74) is 30.1. The number of alkyl halides is 3. The number of carbonyl (C=O) groups is 11. The second-order valence-electron chi connectivity index (χ2n) is 19.8. The molecule has 0 aliphatic carbocycles. The van der Waals surface area contributed by atoms with Crippen molar-refractivity contribution in [1.82, 2.24) is 57.5 Å². The molecule has 2 aromatic carbocycles. The molecule has 89 heavy (non-hydrogen) atoms. The summed E-state index contributed by atoms with van der Waals surface area (Å²) in [5.74, 6) is -13.1. The van der Waals surface area contributed by atoms with Crippen LogP contribution in [0, 0.1) is 0 Å². The fourth-order valence-corrected chi connectivity index (χ4v) is 10.8. The zero-order valence-corrected chi connectivity index (χ0v) is 49.4. The first-order valence-corrected chi connectivity index (χ1v) is 29.7. The Hall–Kier alpha value is -9.61. The summed E-state index contributed by atoms with van der Waals surface area (Å²) in [6.07, 6.45) is -2.28. The van der Waals surface area contributed by atoms with Crippen molar-refractivity contribution in [3.63, 3.8) is 0 Å². The van der Waals surface area contributed by atoms with Crippen molar-refractivity contribution < 1.29 is 76.1 Å². The highest BCUT2D eigenvalue weighted by Crippen LogP contribution is 2.25. The van der Waals surface area contributed by atoms with Crippen LogP contribution in [-0.4, -0.2) is 181 Å². The summed E-state index contributed by atoms with van der Waals surface area (Å²) < 4.78 is 31.7. The van der Waals surface area contributed by atoms with E-state index in [1.54, 1.807) is 54.7 Å². The van der Waals surface area contributed by atoms with Gasteiger partial charge in [0.25, 0.3) is 0 Å². The minimum atomic E-state index is -5.08. The first kappa shape index (κ1) is 71.9. The van der Waals surface area contributed by atoms with Crippen molar-refractivity contribution in [1.29, 1.82) is 0 Å². The number of H-pyrrole nitrogens is 2. The molecule has 22 N–H and O–H groups in total. The number of aromatic nitrogens is 3. The van der Waals surface area contributed by atoms with E-state index in [0.29, 0.717) is 22.2 Å². The third-order valence-corrected chi connectivity index (χ3v) is 15.3. The number of carbonyl (C=O) groups excluding carboxylic acids is 9. The molecule has 36 heteroatoms. The fourth-order valence-electron chi connectivity index (χ4n) is 8.46. The molecule has 0 saturated carbocycles. The molecule has 8 atom stereocenters. The number of aliphatic imine (C=N–C) groups is 2. The van der Waals surface area contributed by atoms with E-state index in [4.69, 9.17) is 38.6 Å². The maximum atomic E-state index is 14.7. The normalized spacial score (nSPS) is 20.4. The third-order valence-electron chi connectivity index (χ3n) is 12.8. The fraction of sp³-hybridized carbons (Fsp3) is 0.434. The highest BCUT2D eigenvalue weighted by molar-refractivity contribution is 8.76. The van der Waals surface area contributed by atoms with E-state index >= 15 is 0 Å². The molecule has 1 fully saturated rings. The van der Waals surface area contributed by atoms with Gasteiger partial charge in [-0.3, -0.25) is 57.9 Å². The first-order valence-electron chi connectivity index (χ1n) is 27.2. The lowest BCUT2D eigenvalue weighted by atomic mass is 10.0. The number of nitrogens with two attached hydrogens (primary N) is 5. The van der Waals surface area contributed by atoms with Crippen LogP contribution in [0.1, 0.15) is 62.3 Å². The van der Waals surface area contributed by atoms with Gasteiger partial charge < -0.3 is 91.4 Å². The van der Waals surface area contributed by atoms with Gasteiger partial charge in [-0.2, -0.15) is 13.2 Å². The number of amides is 9. The Morgan fingerprint density at radius 3 is 1.78 bits per heavy atom. The second kappa shape index (κ2) is 35.9. The van der Waals surface area contributed by atoms with E-state index in [1.807, 2.05) is 6.07 Å². The van der Waals surface area contributed by atoms with Gasteiger partial charge in [0.05, 0.1) is 6.33 Å². The minimum absolute atomic E-state index is 0.00244. The van der Waals surface area contributed by atoms with Gasteiger partial charge in [0, 0.05) is 86.2 Å². The summed E-state index contributed by atoms with van der Waals surface area (Å²) >= 11 is 0. The quantitative estimate of drug-likeness (QED) is 0.0175. The molecule has 0 bridgehead atoms. The van der Waals surface area contributed by atoms with Gasteiger partial charge in [-0.05, 0) is 49.3 Å². The molecular weight excluding hydrogens is 1220 g/mol. The largest absolute Gasteiger partial charge is 0.490 e. The lowest BCUT2D eigenvalue weighted by Crippen LogP contribution is -2.61. The van der Waals surface area contributed by atoms with Crippen LogP contribution >= 0.6 is 21.6 Å². The molecule has 1 saturated heterocycles. The summed E-state index contributed by atoms with van der Waals surface area (Å²) in [7, 11) is 1.88. The van der Waals surface area contributed by atoms with Crippen LogP contribution in [0.4, 0.5) is 13.2 Å².